The van der Waals surface area contributed by atoms with Gasteiger partial charge < -0.3 is 10.1 Å². The molecule has 0 unspecified atom stereocenters. The van der Waals surface area contributed by atoms with Crippen molar-refractivity contribution in [2.75, 3.05) is 25.0 Å². The number of halogens is 1. The van der Waals surface area contributed by atoms with Crippen molar-refractivity contribution in [3.63, 3.8) is 0 Å². The molecule has 0 saturated carbocycles. The molecule has 0 saturated heterocycles. The summed E-state index contributed by atoms with van der Waals surface area (Å²) in [6, 6.07) is 6.05. The molecule has 7 nitrogen and oxygen atoms in total. The Bertz CT molecular complexity index is 809. The van der Waals surface area contributed by atoms with Crippen LogP contribution in [0.5, 0.6) is 0 Å². The third-order valence-electron chi connectivity index (χ3n) is 4.06. The van der Waals surface area contributed by atoms with Gasteiger partial charge >= 0.3 is 6.09 Å². The van der Waals surface area contributed by atoms with Crippen LogP contribution in [0.1, 0.15) is 23.1 Å². The molecule has 1 aromatic carbocycles. The number of carbonyl (C=O) groups excluding carboxylic acids is 2. The van der Waals surface area contributed by atoms with Gasteiger partial charge in [-0.15, -0.1) is 0 Å². The van der Waals surface area contributed by atoms with E-state index in [9.17, 15) is 14.0 Å². The maximum Gasteiger partial charge on any atom is 0.413 e. The molecule has 1 aromatic heterocycles. The van der Waals surface area contributed by atoms with Crippen LogP contribution in [0, 0.1) is 5.82 Å². The van der Waals surface area contributed by atoms with Crippen molar-refractivity contribution >= 4 is 28.5 Å². The van der Waals surface area contributed by atoms with Crippen molar-refractivity contribution in [1.82, 2.24) is 15.2 Å². The summed E-state index contributed by atoms with van der Waals surface area (Å²) in [7, 11) is 0. The summed E-state index contributed by atoms with van der Waals surface area (Å²) in [5, 5.41) is 5.98. The minimum atomic E-state index is -0.513. The van der Waals surface area contributed by atoms with Gasteiger partial charge in [-0.2, -0.15) is 0 Å². The van der Waals surface area contributed by atoms with E-state index in [-0.39, 0.29) is 18.3 Å². The second-order valence-corrected chi connectivity index (χ2v) is 7.18. The van der Waals surface area contributed by atoms with Gasteiger partial charge in [0.1, 0.15) is 5.82 Å². The predicted octanol–water partition coefficient (Wildman–Crippen LogP) is 2.53. The number of thiazole rings is 1. The van der Waals surface area contributed by atoms with Crippen LogP contribution in [0.2, 0.25) is 0 Å². The van der Waals surface area contributed by atoms with Gasteiger partial charge in [-0.3, -0.25) is 15.0 Å². The molecule has 9 heteroatoms. The fourth-order valence-corrected chi connectivity index (χ4v) is 3.79. The zero-order chi connectivity index (χ0) is 19.2. The molecule has 0 spiro atoms. The molecule has 0 fully saturated rings. The van der Waals surface area contributed by atoms with E-state index in [1.807, 2.05) is 4.90 Å². The van der Waals surface area contributed by atoms with Crippen molar-refractivity contribution in [2.45, 2.75) is 26.4 Å². The summed E-state index contributed by atoms with van der Waals surface area (Å²) >= 11 is 1.40. The van der Waals surface area contributed by atoms with Gasteiger partial charge in [0.25, 0.3) is 0 Å². The third kappa shape index (κ3) is 5.48. The molecule has 0 radical (unpaired) electrons. The number of hydrogen-bond acceptors (Lipinski definition) is 6. The number of benzene rings is 1. The molecule has 144 valence electrons. The van der Waals surface area contributed by atoms with Crippen LogP contribution in [-0.4, -0.2) is 41.6 Å². The number of rotatable bonds is 6. The van der Waals surface area contributed by atoms with Gasteiger partial charge in [-0.25, -0.2) is 14.2 Å². The monoisotopic (exact) mass is 392 g/mol. The Hall–Kier alpha value is -2.52. The first-order valence-electron chi connectivity index (χ1n) is 8.69. The highest BCUT2D eigenvalue weighted by Crippen LogP contribution is 2.28. The van der Waals surface area contributed by atoms with Crippen LogP contribution in [0.15, 0.2) is 24.3 Å². The second-order valence-electron chi connectivity index (χ2n) is 6.10. The number of hydrogen-bond donors (Lipinski definition) is 2. The second kappa shape index (κ2) is 8.92. The number of aromatic nitrogens is 1. The van der Waals surface area contributed by atoms with Crippen LogP contribution in [0.3, 0.4) is 0 Å². The molecule has 2 aromatic rings. The highest BCUT2D eigenvalue weighted by atomic mass is 32.1. The highest BCUT2D eigenvalue weighted by molar-refractivity contribution is 7.15. The maximum absolute atomic E-state index is 12.9. The molecule has 2 N–H and O–H groups in total. The van der Waals surface area contributed by atoms with Crippen LogP contribution < -0.4 is 10.6 Å². The number of ether oxygens (including phenoxy) is 1. The Morgan fingerprint density at radius 1 is 1.33 bits per heavy atom. The van der Waals surface area contributed by atoms with E-state index in [2.05, 4.69) is 15.6 Å². The fourth-order valence-electron chi connectivity index (χ4n) is 2.75. The maximum atomic E-state index is 12.9. The number of carbonyl (C=O) groups is 2. The molecule has 2 amide bonds. The van der Waals surface area contributed by atoms with E-state index >= 15 is 0 Å². The molecule has 0 atom stereocenters. The normalized spacial score (nSPS) is 13.7. The largest absolute Gasteiger partial charge is 0.450 e. The number of fused-ring (bicyclic) bond motifs is 1. The average Bonchev–Trinajstić information content (AvgIpc) is 3.02. The lowest BCUT2D eigenvalue weighted by Gasteiger charge is -2.25. The number of amides is 2. The summed E-state index contributed by atoms with van der Waals surface area (Å²) in [5.74, 6) is -0.382. The van der Waals surface area contributed by atoms with Gasteiger partial charge in [0.2, 0.25) is 5.91 Å². The van der Waals surface area contributed by atoms with Crippen molar-refractivity contribution < 1.29 is 18.7 Å². The van der Waals surface area contributed by atoms with Crippen molar-refractivity contribution in [1.29, 1.82) is 0 Å². The lowest BCUT2D eigenvalue weighted by atomic mass is 10.2. The van der Waals surface area contributed by atoms with Crippen LogP contribution >= 0.6 is 11.3 Å². The Morgan fingerprint density at radius 2 is 2.11 bits per heavy atom. The SMILES string of the molecule is CCOC(=O)Nc1nc2c(s1)CN(CC(=O)NCc1ccc(F)cc1)CC2. The zero-order valence-corrected chi connectivity index (χ0v) is 15.8. The Labute approximate surface area is 160 Å². The Kier molecular flexibility index (Phi) is 6.36. The lowest BCUT2D eigenvalue weighted by Crippen LogP contribution is -2.39. The van der Waals surface area contributed by atoms with Crippen molar-refractivity contribution in [2.24, 2.45) is 0 Å². The predicted molar refractivity (Wildman–Crippen MR) is 100.0 cm³/mol. The summed E-state index contributed by atoms with van der Waals surface area (Å²) in [4.78, 5) is 31.2. The lowest BCUT2D eigenvalue weighted by molar-refractivity contribution is -0.122. The molecular formula is C18H21FN4O3S. The molecule has 1 aliphatic rings. The summed E-state index contributed by atoms with van der Waals surface area (Å²) < 4.78 is 17.8. The van der Waals surface area contributed by atoms with Crippen LogP contribution in [-0.2, 0) is 29.0 Å². The van der Waals surface area contributed by atoms with Crippen molar-refractivity contribution in [3.8, 4) is 0 Å². The first-order chi connectivity index (χ1) is 13.0. The van der Waals surface area contributed by atoms with Gasteiger partial charge in [0.15, 0.2) is 5.13 Å². The van der Waals surface area contributed by atoms with E-state index < -0.39 is 6.09 Å². The number of nitrogens with one attached hydrogen (secondary N) is 2. The van der Waals surface area contributed by atoms with Gasteiger partial charge in [-0.1, -0.05) is 23.5 Å². The zero-order valence-electron chi connectivity index (χ0n) is 15.0. The van der Waals surface area contributed by atoms with E-state index in [0.29, 0.717) is 24.8 Å². The first kappa shape index (κ1) is 19.2. The summed E-state index contributed by atoms with van der Waals surface area (Å²) in [6.07, 6.45) is 0.210. The molecule has 0 aliphatic carbocycles. The molecule has 27 heavy (non-hydrogen) atoms. The van der Waals surface area contributed by atoms with Crippen molar-refractivity contribution in [3.05, 3.63) is 46.2 Å². The van der Waals surface area contributed by atoms with Crippen LogP contribution in [0.25, 0.3) is 0 Å². The molecule has 1 aliphatic heterocycles. The Morgan fingerprint density at radius 3 is 2.85 bits per heavy atom. The summed E-state index contributed by atoms with van der Waals surface area (Å²) in [5.41, 5.74) is 1.80. The molecule has 2 heterocycles. The van der Waals surface area contributed by atoms with Gasteiger partial charge in [0.05, 0.1) is 18.8 Å². The third-order valence-corrected chi connectivity index (χ3v) is 5.06. The molecule has 0 bridgehead atoms. The van der Waals surface area contributed by atoms with E-state index in [1.165, 1.54) is 23.5 Å². The van der Waals surface area contributed by atoms with E-state index in [4.69, 9.17) is 4.74 Å². The number of anilines is 1. The van der Waals surface area contributed by atoms with E-state index in [1.54, 1.807) is 19.1 Å². The highest BCUT2D eigenvalue weighted by Gasteiger charge is 2.23. The summed E-state index contributed by atoms with van der Waals surface area (Å²) in [6.45, 7) is 4.02. The van der Waals surface area contributed by atoms with Gasteiger partial charge in [-0.05, 0) is 24.6 Å². The minimum absolute atomic E-state index is 0.0860. The van der Waals surface area contributed by atoms with Crippen LogP contribution in [0.4, 0.5) is 14.3 Å². The first-order valence-corrected chi connectivity index (χ1v) is 9.51. The van der Waals surface area contributed by atoms with Gasteiger partial charge in [0, 0.05) is 30.9 Å². The smallest absolute Gasteiger partial charge is 0.413 e. The molecular weight excluding hydrogens is 371 g/mol. The Balaban J connectivity index is 1.48. The topological polar surface area (TPSA) is 83.6 Å². The van der Waals surface area contributed by atoms with E-state index in [0.717, 1.165) is 29.1 Å². The minimum Gasteiger partial charge on any atom is -0.450 e. The quantitative estimate of drug-likeness (QED) is 0.789. The average molecular weight is 392 g/mol. The standard InChI is InChI=1S/C18H21FN4O3S/c1-2-26-18(25)22-17-21-14-7-8-23(10-15(14)27-17)11-16(24)20-9-12-3-5-13(19)6-4-12/h3-6H,2,7-11H2,1H3,(H,20,24)(H,21,22,25). The number of nitrogens with zero attached hydrogens (tertiary/aromatic N) is 2. The fraction of sp³-hybridized carbons (Fsp3) is 0.389. The molecule has 3 rings (SSSR count).